The largest absolute Gasteiger partial charge is 0.497 e. The van der Waals surface area contributed by atoms with Crippen molar-refractivity contribution < 1.29 is 9.47 Å². The lowest BCUT2D eigenvalue weighted by Crippen LogP contribution is -2.39. The van der Waals surface area contributed by atoms with Gasteiger partial charge in [-0.1, -0.05) is 26.0 Å². The number of guanidine groups is 1. The number of aliphatic imine (C=N–C) groups is 1. The van der Waals surface area contributed by atoms with Crippen LogP contribution >= 0.6 is 0 Å². The lowest BCUT2D eigenvalue weighted by Gasteiger charge is -2.29. The predicted octanol–water partition coefficient (Wildman–Crippen LogP) is 2.67. The number of ether oxygens (including phenoxy) is 2. The van der Waals surface area contributed by atoms with Gasteiger partial charge in [0.2, 0.25) is 0 Å². The minimum Gasteiger partial charge on any atom is -0.497 e. The molecule has 1 aromatic rings. The van der Waals surface area contributed by atoms with Gasteiger partial charge in [-0.15, -0.1) is 0 Å². The lowest BCUT2D eigenvalue weighted by molar-refractivity contribution is 0.195. The molecule has 0 heterocycles. The number of nitrogens with one attached hydrogen (secondary N) is 2. The highest BCUT2D eigenvalue weighted by Crippen LogP contribution is 2.24. The second kappa shape index (κ2) is 13.4. The molecule has 1 aromatic carbocycles. The molecule has 0 aliphatic heterocycles. The molecule has 0 fully saturated rings. The van der Waals surface area contributed by atoms with Crippen LogP contribution in [0.5, 0.6) is 5.75 Å². The van der Waals surface area contributed by atoms with E-state index in [9.17, 15) is 0 Å². The molecule has 1 rings (SSSR count). The molecule has 0 saturated carbocycles. The Morgan fingerprint density at radius 3 is 2.54 bits per heavy atom. The number of nitrogens with zero attached hydrogens (tertiary/aromatic N) is 2. The van der Waals surface area contributed by atoms with Gasteiger partial charge in [0, 0.05) is 26.8 Å². The van der Waals surface area contributed by atoms with Crippen molar-refractivity contribution >= 4 is 5.96 Å². The molecule has 0 saturated heterocycles. The third-order valence-corrected chi connectivity index (χ3v) is 4.32. The highest BCUT2D eigenvalue weighted by Gasteiger charge is 2.18. The zero-order chi connectivity index (χ0) is 19.2. The van der Waals surface area contributed by atoms with E-state index < -0.39 is 0 Å². The topological polar surface area (TPSA) is 58.1 Å². The smallest absolute Gasteiger partial charge is 0.191 e. The molecule has 26 heavy (non-hydrogen) atoms. The maximum Gasteiger partial charge on any atom is 0.191 e. The Balaban J connectivity index is 2.91. The monoisotopic (exact) mass is 364 g/mol. The summed E-state index contributed by atoms with van der Waals surface area (Å²) in [7, 11) is 3.43. The molecule has 0 spiro atoms. The summed E-state index contributed by atoms with van der Waals surface area (Å²) in [4.78, 5) is 7.25. The van der Waals surface area contributed by atoms with Gasteiger partial charge >= 0.3 is 0 Å². The Morgan fingerprint density at radius 1 is 1.15 bits per heavy atom. The Kier molecular flexibility index (Phi) is 11.5. The number of rotatable bonds is 12. The molecule has 0 bridgehead atoms. The van der Waals surface area contributed by atoms with Crippen LogP contribution in [0.15, 0.2) is 29.3 Å². The van der Waals surface area contributed by atoms with Crippen molar-refractivity contribution in [1.82, 2.24) is 15.5 Å². The highest BCUT2D eigenvalue weighted by molar-refractivity contribution is 5.79. The summed E-state index contributed by atoms with van der Waals surface area (Å²) in [5.41, 5.74) is 1.23. The van der Waals surface area contributed by atoms with Crippen LogP contribution in [-0.4, -0.2) is 64.4 Å². The SMILES string of the molecule is CCNC(=NCC(c1cccc(OC)c1)N(CC)CC)NCCCOC. The fourth-order valence-electron chi connectivity index (χ4n) is 2.89. The van der Waals surface area contributed by atoms with Crippen LogP contribution in [0, 0.1) is 0 Å². The zero-order valence-corrected chi connectivity index (χ0v) is 17.0. The predicted molar refractivity (Wildman–Crippen MR) is 109 cm³/mol. The summed E-state index contributed by atoms with van der Waals surface area (Å²) in [5, 5.41) is 6.69. The first kappa shape index (κ1) is 22.3. The highest BCUT2D eigenvalue weighted by atomic mass is 16.5. The Labute approximate surface area is 159 Å². The fourth-order valence-corrected chi connectivity index (χ4v) is 2.89. The Bertz CT molecular complexity index is 518. The zero-order valence-electron chi connectivity index (χ0n) is 17.0. The lowest BCUT2D eigenvalue weighted by atomic mass is 10.0. The first-order valence-electron chi connectivity index (χ1n) is 9.59. The van der Waals surface area contributed by atoms with Crippen LogP contribution in [0.25, 0.3) is 0 Å². The van der Waals surface area contributed by atoms with Crippen molar-refractivity contribution in [3.63, 3.8) is 0 Å². The Morgan fingerprint density at radius 2 is 1.92 bits per heavy atom. The van der Waals surface area contributed by atoms with Crippen LogP contribution in [0.1, 0.15) is 38.8 Å². The van der Waals surface area contributed by atoms with Crippen molar-refractivity contribution in [2.24, 2.45) is 4.99 Å². The normalized spacial score (nSPS) is 12.9. The molecule has 1 atom stereocenters. The fraction of sp³-hybridized carbons (Fsp3) is 0.650. The van der Waals surface area contributed by atoms with E-state index >= 15 is 0 Å². The second-order valence-electron chi connectivity index (χ2n) is 6.01. The van der Waals surface area contributed by atoms with Gasteiger partial charge in [-0.05, 0) is 44.1 Å². The van der Waals surface area contributed by atoms with Crippen molar-refractivity contribution in [2.75, 3.05) is 53.6 Å². The van der Waals surface area contributed by atoms with Crippen molar-refractivity contribution in [3.05, 3.63) is 29.8 Å². The van der Waals surface area contributed by atoms with E-state index in [1.807, 2.05) is 12.1 Å². The number of likely N-dealkylation sites (N-methyl/N-ethyl adjacent to an activating group) is 1. The minimum absolute atomic E-state index is 0.217. The van der Waals surface area contributed by atoms with E-state index in [4.69, 9.17) is 14.5 Å². The average Bonchev–Trinajstić information content (AvgIpc) is 2.68. The number of hydrogen-bond donors (Lipinski definition) is 2. The van der Waals surface area contributed by atoms with Gasteiger partial charge in [-0.3, -0.25) is 9.89 Å². The third-order valence-electron chi connectivity index (χ3n) is 4.32. The molecular weight excluding hydrogens is 328 g/mol. The van der Waals surface area contributed by atoms with Gasteiger partial charge in [0.05, 0.1) is 19.7 Å². The quantitative estimate of drug-likeness (QED) is 0.339. The summed E-state index contributed by atoms with van der Waals surface area (Å²) in [5.74, 6) is 1.73. The van der Waals surface area contributed by atoms with Crippen molar-refractivity contribution in [2.45, 2.75) is 33.2 Å². The molecule has 0 aromatic heterocycles. The van der Waals surface area contributed by atoms with Gasteiger partial charge in [-0.2, -0.15) is 0 Å². The maximum atomic E-state index is 5.40. The first-order valence-corrected chi connectivity index (χ1v) is 9.59. The van der Waals surface area contributed by atoms with Crippen molar-refractivity contribution in [3.8, 4) is 5.75 Å². The van der Waals surface area contributed by atoms with Crippen LogP contribution in [-0.2, 0) is 4.74 Å². The number of methoxy groups -OCH3 is 2. The second-order valence-corrected chi connectivity index (χ2v) is 6.01. The van der Waals surface area contributed by atoms with Gasteiger partial charge in [0.25, 0.3) is 0 Å². The molecule has 6 nitrogen and oxygen atoms in total. The van der Waals surface area contributed by atoms with E-state index in [1.54, 1.807) is 14.2 Å². The van der Waals surface area contributed by atoms with Gasteiger partial charge in [-0.25, -0.2) is 0 Å². The van der Waals surface area contributed by atoms with Crippen molar-refractivity contribution in [1.29, 1.82) is 0 Å². The summed E-state index contributed by atoms with van der Waals surface area (Å²) < 4.78 is 10.5. The molecule has 0 radical (unpaired) electrons. The molecule has 0 aliphatic carbocycles. The summed E-state index contributed by atoms with van der Waals surface area (Å²) in [6.45, 7) is 11.5. The summed E-state index contributed by atoms with van der Waals surface area (Å²) >= 11 is 0. The van der Waals surface area contributed by atoms with E-state index in [2.05, 4.69) is 48.4 Å². The molecule has 0 amide bonds. The summed E-state index contributed by atoms with van der Waals surface area (Å²) in [6, 6.07) is 8.50. The molecule has 148 valence electrons. The third kappa shape index (κ3) is 7.62. The number of hydrogen-bond acceptors (Lipinski definition) is 4. The van der Waals surface area contributed by atoms with Gasteiger partial charge in [0.15, 0.2) is 5.96 Å². The van der Waals surface area contributed by atoms with E-state index in [0.29, 0.717) is 6.54 Å². The molecular formula is C20H36N4O2. The Hall–Kier alpha value is -1.79. The van der Waals surface area contributed by atoms with Crippen LogP contribution in [0.2, 0.25) is 0 Å². The molecule has 0 aliphatic rings. The molecule has 1 unspecified atom stereocenters. The van der Waals surface area contributed by atoms with E-state index in [1.165, 1.54) is 5.56 Å². The minimum atomic E-state index is 0.217. The van der Waals surface area contributed by atoms with E-state index in [0.717, 1.165) is 50.9 Å². The summed E-state index contributed by atoms with van der Waals surface area (Å²) in [6.07, 6.45) is 0.955. The average molecular weight is 365 g/mol. The maximum absolute atomic E-state index is 5.40. The standard InChI is InChI=1S/C20H36N4O2/c1-6-21-20(22-13-10-14-25-4)23-16-19(24(7-2)8-3)17-11-9-12-18(15-17)26-5/h9,11-12,15,19H,6-8,10,13-14,16H2,1-5H3,(H2,21,22,23). The van der Waals surface area contributed by atoms with Crippen LogP contribution < -0.4 is 15.4 Å². The van der Waals surface area contributed by atoms with E-state index in [-0.39, 0.29) is 6.04 Å². The molecule has 6 heteroatoms. The number of benzene rings is 1. The van der Waals surface area contributed by atoms with Gasteiger partial charge in [0.1, 0.15) is 5.75 Å². The van der Waals surface area contributed by atoms with Crippen LogP contribution in [0.3, 0.4) is 0 Å². The molecule has 2 N–H and O–H groups in total. The van der Waals surface area contributed by atoms with Gasteiger partial charge < -0.3 is 20.1 Å². The van der Waals surface area contributed by atoms with Crippen LogP contribution in [0.4, 0.5) is 0 Å². The first-order chi connectivity index (χ1) is 12.7.